The fourth-order valence-corrected chi connectivity index (χ4v) is 4.44. The molecule has 3 nitrogen and oxygen atoms in total. The second-order valence-electron chi connectivity index (χ2n) is 3.62. The Morgan fingerprint density at radius 1 is 1.53 bits per heavy atom. The van der Waals surface area contributed by atoms with Crippen molar-refractivity contribution in [2.45, 2.75) is 5.25 Å². The van der Waals surface area contributed by atoms with Crippen molar-refractivity contribution in [2.75, 3.05) is 23.8 Å². The maximum Gasteiger partial charge on any atom is 0.269 e. The van der Waals surface area contributed by atoms with Gasteiger partial charge in [-0.1, -0.05) is 6.07 Å². The summed E-state index contributed by atoms with van der Waals surface area (Å²) in [7, 11) is 0. The highest BCUT2D eigenvalue weighted by Crippen LogP contribution is 2.23. The molecule has 1 atom stereocenters. The smallest absolute Gasteiger partial charge is 0.269 e. The third-order valence-electron chi connectivity index (χ3n) is 2.32. The quantitative estimate of drug-likeness (QED) is 0.863. The second kappa shape index (κ2) is 6.66. The molecular weight excluding hydrogens is 320 g/mol. The number of nitrogens with one attached hydrogen (secondary N) is 1. The Morgan fingerprint density at radius 3 is 3.12 bits per heavy atom. The fourth-order valence-electron chi connectivity index (χ4n) is 1.49. The van der Waals surface area contributed by atoms with Crippen molar-refractivity contribution in [3.63, 3.8) is 0 Å². The lowest BCUT2D eigenvalue weighted by Gasteiger charge is -2.20. The van der Waals surface area contributed by atoms with Gasteiger partial charge >= 0.3 is 0 Å². The molecule has 6 heteroatoms. The van der Waals surface area contributed by atoms with Gasteiger partial charge in [-0.15, -0.1) is 0 Å². The number of aromatic nitrogens is 1. The summed E-state index contributed by atoms with van der Waals surface area (Å²) < 4.78 is 0.688. The third kappa shape index (κ3) is 4.19. The molecule has 1 amide bonds. The van der Waals surface area contributed by atoms with Crippen molar-refractivity contribution in [1.82, 2.24) is 10.3 Å². The minimum Gasteiger partial charge on any atom is -0.350 e. The molecule has 0 saturated carbocycles. The maximum atomic E-state index is 11.8. The Balaban J connectivity index is 1.84. The van der Waals surface area contributed by atoms with Gasteiger partial charge < -0.3 is 5.32 Å². The van der Waals surface area contributed by atoms with Crippen molar-refractivity contribution in [3.05, 3.63) is 28.5 Å². The van der Waals surface area contributed by atoms with E-state index in [4.69, 9.17) is 0 Å². The first-order valence-corrected chi connectivity index (χ1v) is 8.35. The molecule has 1 aliphatic heterocycles. The minimum absolute atomic E-state index is 0.0949. The van der Waals surface area contributed by atoms with Crippen molar-refractivity contribution >= 4 is 45.4 Å². The summed E-state index contributed by atoms with van der Waals surface area (Å²) in [6.07, 6.45) is 0. The van der Waals surface area contributed by atoms with Crippen molar-refractivity contribution in [2.24, 2.45) is 0 Å². The van der Waals surface area contributed by atoms with E-state index in [0.717, 1.165) is 12.3 Å². The number of rotatable bonds is 3. The first-order valence-electron chi connectivity index (χ1n) is 5.36. The molecule has 0 aliphatic carbocycles. The van der Waals surface area contributed by atoms with Gasteiger partial charge in [-0.25, -0.2) is 4.98 Å². The van der Waals surface area contributed by atoms with Crippen molar-refractivity contribution in [1.29, 1.82) is 0 Å². The third-order valence-corrected chi connectivity index (χ3v) is 5.61. The van der Waals surface area contributed by atoms with E-state index in [2.05, 4.69) is 26.2 Å². The molecule has 2 heterocycles. The van der Waals surface area contributed by atoms with Crippen LogP contribution in [0.3, 0.4) is 0 Å². The van der Waals surface area contributed by atoms with Crippen LogP contribution in [0.25, 0.3) is 0 Å². The zero-order valence-electron chi connectivity index (χ0n) is 9.19. The molecule has 17 heavy (non-hydrogen) atoms. The Morgan fingerprint density at radius 2 is 2.41 bits per heavy atom. The Bertz CT molecular complexity index is 397. The predicted octanol–water partition coefficient (Wildman–Crippen LogP) is 2.42. The molecule has 2 rings (SSSR count). The molecular formula is C11H13BrN2OS2. The van der Waals surface area contributed by atoms with Gasteiger partial charge in [0.05, 0.1) is 0 Å². The molecule has 0 spiro atoms. The molecule has 1 unspecified atom stereocenters. The number of carbonyl (C=O) groups excluding carboxylic acids is 1. The lowest BCUT2D eigenvalue weighted by Crippen LogP contribution is -2.33. The van der Waals surface area contributed by atoms with Crippen LogP contribution < -0.4 is 5.32 Å². The number of carbonyl (C=O) groups is 1. The molecule has 1 N–H and O–H groups in total. The SMILES string of the molecule is O=C(NCC1CSCCS1)c1cccc(Br)n1. The van der Waals surface area contributed by atoms with Gasteiger partial charge in [0.1, 0.15) is 10.3 Å². The molecule has 92 valence electrons. The van der Waals surface area contributed by atoms with E-state index in [1.165, 1.54) is 11.5 Å². The number of hydrogen-bond donors (Lipinski definition) is 1. The van der Waals surface area contributed by atoms with Crippen LogP contribution in [0.5, 0.6) is 0 Å². The highest BCUT2D eigenvalue weighted by molar-refractivity contribution is 9.10. The number of amides is 1. The van der Waals surface area contributed by atoms with E-state index in [1.54, 1.807) is 6.07 Å². The number of thioether (sulfide) groups is 2. The van der Waals surface area contributed by atoms with Crippen LogP contribution in [0.15, 0.2) is 22.8 Å². The Hall–Kier alpha value is -0.200. The van der Waals surface area contributed by atoms with Gasteiger partial charge in [-0.3, -0.25) is 4.79 Å². The zero-order chi connectivity index (χ0) is 12.1. The monoisotopic (exact) mass is 332 g/mol. The van der Waals surface area contributed by atoms with E-state index in [-0.39, 0.29) is 5.91 Å². The van der Waals surface area contributed by atoms with Gasteiger partial charge in [-0.05, 0) is 28.1 Å². The Kier molecular flexibility index (Phi) is 5.18. The van der Waals surface area contributed by atoms with Gasteiger partial charge in [0, 0.05) is 29.1 Å². The highest BCUT2D eigenvalue weighted by Gasteiger charge is 2.16. The normalized spacial score (nSPS) is 19.9. The number of hydrogen-bond acceptors (Lipinski definition) is 4. The topological polar surface area (TPSA) is 42.0 Å². The summed E-state index contributed by atoms with van der Waals surface area (Å²) in [4.78, 5) is 16.0. The molecule has 1 aromatic heterocycles. The van der Waals surface area contributed by atoms with Gasteiger partial charge in [0.15, 0.2) is 0 Å². The van der Waals surface area contributed by atoms with E-state index in [0.29, 0.717) is 15.5 Å². The summed E-state index contributed by atoms with van der Waals surface area (Å²) in [5.74, 6) is 3.43. The molecule has 1 aromatic rings. The van der Waals surface area contributed by atoms with Crippen LogP contribution in [0.1, 0.15) is 10.5 Å². The largest absolute Gasteiger partial charge is 0.350 e. The molecule has 0 radical (unpaired) electrons. The average Bonchev–Trinajstić information content (AvgIpc) is 2.37. The van der Waals surface area contributed by atoms with Crippen molar-refractivity contribution < 1.29 is 4.79 Å². The summed E-state index contributed by atoms with van der Waals surface area (Å²) in [6, 6.07) is 5.35. The summed E-state index contributed by atoms with van der Waals surface area (Å²) in [5.41, 5.74) is 0.466. The second-order valence-corrected chi connectivity index (χ2v) is 6.99. The minimum atomic E-state index is -0.0949. The van der Waals surface area contributed by atoms with E-state index < -0.39 is 0 Å². The average molecular weight is 333 g/mol. The predicted molar refractivity (Wildman–Crippen MR) is 77.8 cm³/mol. The van der Waals surface area contributed by atoms with Crippen LogP contribution in [0.2, 0.25) is 0 Å². The highest BCUT2D eigenvalue weighted by atomic mass is 79.9. The maximum absolute atomic E-state index is 11.8. The van der Waals surface area contributed by atoms with Gasteiger partial charge in [0.2, 0.25) is 0 Å². The van der Waals surface area contributed by atoms with Crippen LogP contribution in [0.4, 0.5) is 0 Å². The first-order chi connectivity index (χ1) is 8.25. The standard InChI is InChI=1S/C11H13BrN2OS2/c12-10-3-1-2-9(14-10)11(15)13-6-8-7-16-4-5-17-8/h1-3,8H,4-7H2,(H,13,15). The van der Waals surface area contributed by atoms with Gasteiger partial charge in [-0.2, -0.15) is 23.5 Å². The molecule has 1 aliphatic rings. The van der Waals surface area contributed by atoms with Crippen LogP contribution in [0, 0.1) is 0 Å². The fraction of sp³-hybridized carbons (Fsp3) is 0.455. The first kappa shape index (κ1) is 13.2. The van der Waals surface area contributed by atoms with E-state index in [1.807, 2.05) is 35.7 Å². The Labute approximate surface area is 118 Å². The lowest BCUT2D eigenvalue weighted by molar-refractivity contribution is 0.0949. The lowest BCUT2D eigenvalue weighted by atomic mass is 10.3. The molecule has 0 aromatic carbocycles. The number of halogens is 1. The number of nitrogens with zero attached hydrogens (tertiary/aromatic N) is 1. The summed E-state index contributed by atoms with van der Waals surface area (Å²) >= 11 is 7.16. The molecule has 1 fully saturated rings. The van der Waals surface area contributed by atoms with Crippen LogP contribution >= 0.6 is 39.5 Å². The van der Waals surface area contributed by atoms with Gasteiger partial charge in [0.25, 0.3) is 5.91 Å². The van der Waals surface area contributed by atoms with Crippen molar-refractivity contribution in [3.8, 4) is 0 Å². The van der Waals surface area contributed by atoms with Crippen LogP contribution in [-0.4, -0.2) is 39.9 Å². The molecule has 0 bridgehead atoms. The molecule has 1 saturated heterocycles. The zero-order valence-corrected chi connectivity index (χ0v) is 12.4. The van der Waals surface area contributed by atoms with E-state index >= 15 is 0 Å². The summed E-state index contributed by atoms with van der Waals surface area (Å²) in [5, 5.41) is 3.47. The summed E-state index contributed by atoms with van der Waals surface area (Å²) in [6.45, 7) is 0.727. The van der Waals surface area contributed by atoms with E-state index in [9.17, 15) is 4.79 Å². The van der Waals surface area contributed by atoms with Crippen LogP contribution in [-0.2, 0) is 0 Å². The number of pyridine rings is 1.